The quantitative estimate of drug-likeness (QED) is 0.832. The molecule has 3 unspecified atom stereocenters. The number of hydrogen-bond donors (Lipinski definition) is 1. The normalized spacial score (nSPS) is 22.0. The van der Waals surface area contributed by atoms with E-state index in [1.165, 1.54) is 28.7 Å². The molecule has 0 aliphatic heterocycles. The lowest BCUT2D eigenvalue weighted by atomic mass is 9.93. The molecule has 3 atom stereocenters. The maximum atomic E-state index is 3.73. The van der Waals surface area contributed by atoms with E-state index in [2.05, 4.69) is 74.6 Å². The first-order chi connectivity index (χ1) is 10.2. The maximum Gasteiger partial charge on any atom is 0.0357 e. The molecule has 1 aliphatic carbocycles. The number of nitrogens with one attached hydrogen (secondary N) is 1. The Morgan fingerprint density at radius 2 is 1.86 bits per heavy atom. The summed E-state index contributed by atoms with van der Waals surface area (Å²) >= 11 is 0. The Balaban J connectivity index is 1.85. The molecule has 1 N–H and O–H groups in total. The van der Waals surface area contributed by atoms with Gasteiger partial charge in [0.25, 0.3) is 0 Å². The molecule has 1 aliphatic rings. The molecular formula is C20H25N. The van der Waals surface area contributed by atoms with Gasteiger partial charge in [-0.2, -0.15) is 0 Å². The SMILES string of the molecule is CCNC(c1cc(C)ccc1C)C1CC1c1ccccc1. The van der Waals surface area contributed by atoms with Crippen LogP contribution < -0.4 is 5.32 Å². The molecule has 0 radical (unpaired) electrons. The number of aryl methyl sites for hydroxylation is 2. The summed E-state index contributed by atoms with van der Waals surface area (Å²) in [5.74, 6) is 1.45. The molecule has 1 fully saturated rings. The lowest BCUT2D eigenvalue weighted by molar-refractivity contribution is 0.485. The predicted molar refractivity (Wildman–Crippen MR) is 89.6 cm³/mol. The molecule has 1 heteroatoms. The van der Waals surface area contributed by atoms with Crippen molar-refractivity contribution in [3.63, 3.8) is 0 Å². The fraction of sp³-hybridized carbons (Fsp3) is 0.400. The number of rotatable bonds is 5. The summed E-state index contributed by atoms with van der Waals surface area (Å²) in [5, 5.41) is 3.73. The molecule has 1 nitrogen and oxygen atoms in total. The van der Waals surface area contributed by atoms with Crippen molar-refractivity contribution in [2.75, 3.05) is 6.54 Å². The summed E-state index contributed by atoms with van der Waals surface area (Å²) in [6.07, 6.45) is 1.30. The Morgan fingerprint density at radius 1 is 1.10 bits per heavy atom. The van der Waals surface area contributed by atoms with Gasteiger partial charge in [-0.25, -0.2) is 0 Å². The van der Waals surface area contributed by atoms with Crippen LogP contribution in [0.15, 0.2) is 48.5 Å². The molecule has 110 valence electrons. The fourth-order valence-electron chi connectivity index (χ4n) is 3.47. The standard InChI is InChI=1S/C20H25N/c1-4-21-20(17-12-14(2)10-11-15(17)3)19-13-18(19)16-8-6-5-7-9-16/h5-12,18-21H,4,13H2,1-3H3. The molecule has 0 amide bonds. The zero-order valence-electron chi connectivity index (χ0n) is 13.3. The third kappa shape index (κ3) is 3.03. The lowest BCUT2D eigenvalue weighted by Gasteiger charge is -2.21. The van der Waals surface area contributed by atoms with E-state index in [1.54, 1.807) is 0 Å². The zero-order chi connectivity index (χ0) is 14.8. The smallest absolute Gasteiger partial charge is 0.0357 e. The van der Waals surface area contributed by atoms with Crippen LogP contribution in [0.4, 0.5) is 0 Å². The Labute approximate surface area is 128 Å². The van der Waals surface area contributed by atoms with Crippen LogP contribution in [-0.2, 0) is 0 Å². The summed E-state index contributed by atoms with van der Waals surface area (Å²) in [5.41, 5.74) is 5.75. The van der Waals surface area contributed by atoms with Crippen LogP contribution >= 0.6 is 0 Å². The molecule has 0 bridgehead atoms. The van der Waals surface area contributed by atoms with Gasteiger partial charge in [0.05, 0.1) is 0 Å². The van der Waals surface area contributed by atoms with E-state index in [4.69, 9.17) is 0 Å². The summed E-state index contributed by atoms with van der Waals surface area (Å²) in [6, 6.07) is 18.3. The second-order valence-corrected chi connectivity index (χ2v) is 6.31. The fourth-order valence-corrected chi connectivity index (χ4v) is 3.47. The largest absolute Gasteiger partial charge is 0.310 e. The molecule has 0 spiro atoms. The van der Waals surface area contributed by atoms with Crippen molar-refractivity contribution in [2.45, 2.75) is 39.2 Å². The molecule has 2 aromatic carbocycles. The van der Waals surface area contributed by atoms with E-state index in [0.29, 0.717) is 6.04 Å². The third-order valence-corrected chi connectivity index (χ3v) is 4.69. The van der Waals surface area contributed by atoms with E-state index >= 15 is 0 Å². The van der Waals surface area contributed by atoms with Gasteiger partial charge in [0, 0.05) is 6.04 Å². The highest BCUT2D eigenvalue weighted by molar-refractivity contribution is 5.36. The minimum Gasteiger partial charge on any atom is -0.310 e. The van der Waals surface area contributed by atoms with Crippen LogP contribution in [0.1, 0.15) is 47.6 Å². The number of hydrogen-bond acceptors (Lipinski definition) is 1. The van der Waals surface area contributed by atoms with Crippen molar-refractivity contribution >= 4 is 0 Å². The van der Waals surface area contributed by atoms with Gasteiger partial charge in [0.15, 0.2) is 0 Å². The number of benzene rings is 2. The topological polar surface area (TPSA) is 12.0 Å². The first kappa shape index (κ1) is 14.3. The van der Waals surface area contributed by atoms with Crippen molar-refractivity contribution < 1.29 is 0 Å². The summed E-state index contributed by atoms with van der Waals surface area (Å²) in [4.78, 5) is 0. The van der Waals surface area contributed by atoms with Crippen molar-refractivity contribution in [3.8, 4) is 0 Å². The molecule has 0 heterocycles. The van der Waals surface area contributed by atoms with Crippen molar-refractivity contribution in [1.29, 1.82) is 0 Å². The predicted octanol–water partition coefficient (Wildman–Crippen LogP) is 4.76. The molecule has 21 heavy (non-hydrogen) atoms. The average Bonchev–Trinajstić information content (AvgIpc) is 3.29. The molecule has 2 aromatic rings. The highest BCUT2D eigenvalue weighted by Gasteiger charge is 2.44. The van der Waals surface area contributed by atoms with Gasteiger partial charge in [0.1, 0.15) is 0 Å². The van der Waals surface area contributed by atoms with Crippen molar-refractivity contribution in [1.82, 2.24) is 5.32 Å². The van der Waals surface area contributed by atoms with E-state index < -0.39 is 0 Å². The molecule has 0 saturated heterocycles. The van der Waals surface area contributed by atoms with Crippen molar-refractivity contribution in [3.05, 3.63) is 70.8 Å². The highest BCUT2D eigenvalue weighted by atomic mass is 14.9. The van der Waals surface area contributed by atoms with Gasteiger partial charge in [0.2, 0.25) is 0 Å². The Hall–Kier alpha value is -1.60. The highest BCUT2D eigenvalue weighted by Crippen LogP contribution is 2.54. The molecule has 0 aromatic heterocycles. The van der Waals surface area contributed by atoms with E-state index in [9.17, 15) is 0 Å². The van der Waals surface area contributed by atoms with Crippen LogP contribution in [0.2, 0.25) is 0 Å². The van der Waals surface area contributed by atoms with E-state index in [1.807, 2.05) is 0 Å². The van der Waals surface area contributed by atoms with Gasteiger partial charge in [-0.15, -0.1) is 0 Å². The van der Waals surface area contributed by atoms with Gasteiger partial charge in [-0.05, 0) is 55.3 Å². The summed E-state index contributed by atoms with van der Waals surface area (Å²) in [6.45, 7) is 7.65. The Morgan fingerprint density at radius 3 is 2.57 bits per heavy atom. The summed E-state index contributed by atoms with van der Waals surface area (Å²) in [7, 11) is 0. The monoisotopic (exact) mass is 279 g/mol. The summed E-state index contributed by atoms with van der Waals surface area (Å²) < 4.78 is 0. The van der Waals surface area contributed by atoms with Gasteiger partial charge >= 0.3 is 0 Å². The minimum absolute atomic E-state index is 0.486. The van der Waals surface area contributed by atoms with Crippen LogP contribution in [-0.4, -0.2) is 6.54 Å². The average molecular weight is 279 g/mol. The minimum atomic E-state index is 0.486. The second kappa shape index (κ2) is 6.03. The first-order valence-corrected chi connectivity index (χ1v) is 8.06. The second-order valence-electron chi connectivity index (χ2n) is 6.31. The van der Waals surface area contributed by atoms with Crippen LogP contribution in [0.25, 0.3) is 0 Å². The lowest BCUT2D eigenvalue weighted by Crippen LogP contribution is -2.24. The third-order valence-electron chi connectivity index (χ3n) is 4.69. The van der Waals surface area contributed by atoms with Crippen LogP contribution in [0, 0.1) is 19.8 Å². The first-order valence-electron chi connectivity index (χ1n) is 8.06. The molecular weight excluding hydrogens is 254 g/mol. The van der Waals surface area contributed by atoms with Crippen molar-refractivity contribution in [2.24, 2.45) is 5.92 Å². The maximum absolute atomic E-state index is 3.73. The van der Waals surface area contributed by atoms with Crippen LogP contribution in [0.3, 0.4) is 0 Å². The Bertz CT molecular complexity index is 602. The zero-order valence-corrected chi connectivity index (χ0v) is 13.3. The Kier molecular flexibility index (Phi) is 4.12. The van der Waals surface area contributed by atoms with Crippen LogP contribution in [0.5, 0.6) is 0 Å². The van der Waals surface area contributed by atoms with Gasteiger partial charge in [-0.3, -0.25) is 0 Å². The van der Waals surface area contributed by atoms with E-state index in [-0.39, 0.29) is 0 Å². The molecule has 3 rings (SSSR count). The molecule has 1 saturated carbocycles. The van der Waals surface area contributed by atoms with E-state index in [0.717, 1.165) is 18.4 Å². The van der Waals surface area contributed by atoms with Gasteiger partial charge < -0.3 is 5.32 Å². The van der Waals surface area contributed by atoms with Gasteiger partial charge in [-0.1, -0.05) is 61.0 Å².